The fraction of sp³-hybridized carbons (Fsp3) is 0.500. The Morgan fingerprint density at radius 2 is 1.94 bits per heavy atom. The SMILES string of the molecule is CC(CCCl)CCN(C)c1ccc(C#N)cc1. The largest absolute Gasteiger partial charge is 0.375 e. The van der Waals surface area contributed by atoms with Crippen LogP contribution in [0.1, 0.15) is 25.3 Å². The van der Waals surface area contributed by atoms with Crippen LogP contribution in [0.5, 0.6) is 0 Å². The number of nitrogens with zero attached hydrogens (tertiary/aromatic N) is 2. The fourth-order valence-corrected chi connectivity index (χ4v) is 2.04. The van der Waals surface area contributed by atoms with E-state index in [9.17, 15) is 0 Å². The Balaban J connectivity index is 2.46. The van der Waals surface area contributed by atoms with E-state index in [-0.39, 0.29) is 0 Å². The number of benzene rings is 1. The average molecular weight is 251 g/mol. The maximum absolute atomic E-state index is 8.73. The minimum absolute atomic E-state index is 0.660. The van der Waals surface area contributed by atoms with Crippen LogP contribution in [0.4, 0.5) is 5.69 Å². The van der Waals surface area contributed by atoms with Crippen molar-refractivity contribution in [2.24, 2.45) is 5.92 Å². The Labute approximate surface area is 109 Å². The summed E-state index contributed by atoms with van der Waals surface area (Å²) >= 11 is 5.72. The first kappa shape index (κ1) is 13.9. The Hall–Kier alpha value is -1.20. The highest BCUT2D eigenvalue weighted by atomic mass is 35.5. The Morgan fingerprint density at radius 3 is 2.47 bits per heavy atom. The predicted molar refractivity (Wildman–Crippen MR) is 73.5 cm³/mol. The standard InChI is InChI=1S/C14H19ClN2/c1-12(7-9-15)8-10-17(2)14-5-3-13(11-16)4-6-14/h3-6,12H,7-10H2,1-2H3. The molecule has 0 saturated carbocycles. The van der Waals surface area contributed by atoms with E-state index in [0.717, 1.165) is 31.0 Å². The van der Waals surface area contributed by atoms with E-state index < -0.39 is 0 Å². The van der Waals surface area contributed by atoms with Crippen molar-refractivity contribution in [2.75, 3.05) is 24.4 Å². The lowest BCUT2D eigenvalue weighted by Gasteiger charge is -2.21. The van der Waals surface area contributed by atoms with Gasteiger partial charge < -0.3 is 4.90 Å². The van der Waals surface area contributed by atoms with Gasteiger partial charge in [0.25, 0.3) is 0 Å². The van der Waals surface area contributed by atoms with Crippen LogP contribution in [-0.4, -0.2) is 19.5 Å². The van der Waals surface area contributed by atoms with Gasteiger partial charge in [0.05, 0.1) is 11.6 Å². The van der Waals surface area contributed by atoms with Crippen molar-refractivity contribution < 1.29 is 0 Å². The smallest absolute Gasteiger partial charge is 0.0991 e. The summed E-state index contributed by atoms with van der Waals surface area (Å²) in [6.45, 7) is 3.25. The van der Waals surface area contributed by atoms with E-state index in [1.165, 1.54) is 0 Å². The second-order valence-corrected chi connectivity index (χ2v) is 4.83. The monoisotopic (exact) mass is 250 g/mol. The quantitative estimate of drug-likeness (QED) is 0.721. The summed E-state index contributed by atoms with van der Waals surface area (Å²) in [6, 6.07) is 9.82. The third-order valence-corrected chi connectivity index (χ3v) is 3.21. The van der Waals surface area contributed by atoms with E-state index in [4.69, 9.17) is 16.9 Å². The average Bonchev–Trinajstić information content (AvgIpc) is 2.36. The Kier molecular flexibility index (Phi) is 5.86. The van der Waals surface area contributed by atoms with Gasteiger partial charge in [0.15, 0.2) is 0 Å². The molecule has 3 heteroatoms. The molecule has 1 atom stereocenters. The van der Waals surface area contributed by atoms with Crippen molar-refractivity contribution in [1.82, 2.24) is 0 Å². The van der Waals surface area contributed by atoms with E-state index in [2.05, 4.69) is 24.9 Å². The molecule has 0 aromatic heterocycles. The van der Waals surface area contributed by atoms with Crippen molar-refractivity contribution in [2.45, 2.75) is 19.8 Å². The highest BCUT2D eigenvalue weighted by Gasteiger charge is 2.05. The topological polar surface area (TPSA) is 27.0 Å². The molecule has 0 N–H and O–H groups in total. The second-order valence-electron chi connectivity index (χ2n) is 4.45. The normalized spacial score (nSPS) is 11.9. The molecule has 0 bridgehead atoms. The number of nitriles is 1. The summed E-state index contributed by atoms with van der Waals surface area (Å²) in [4.78, 5) is 2.21. The van der Waals surface area contributed by atoms with Crippen molar-refractivity contribution in [1.29, 1.82) is 5.26 Å². The van der Waals surface area contributed by atoms with Crippen LogP contribution in [0.25, 0.3) is 0 Å². The molecular formula is C14H19ClN2. The third-order valence-electron chi connectivity index (χ3n) is 3.00. The van der Waals surface area contributed by atoms with Gasteiger partial charge in [-0.25, -0.2) is 0 Å². The highest BCUT2D eigenvalue weighted by Crippen LogP contribution is 2.16. The van der Waals surface area contributed by atoms with Gasteiger partial charge in [-0.15, -0.1) is 11.6 Å². The van der Waals surface area contributed by atoms with Gasteiger partial charge in [0, 0.05) is 25.2 Å². The lowest BCUT2D eigenvalue weighted by atomic mass is 10.0. The first-order valence-corrected chi connectivity index (χ1v) is 6.48. The number of hydrogen-bond donors (Lipinski definition) is 0. The molecule has 2 nitrogen and oxygen atoms in total. The molecule has 1 unspecified atom stereocenters. The lowest BCUT2D eigenvalue weighted by Crippen LogP contribution is -2.20. The molecule has 0 radical (unpaired) electrons. The number of alkyl halides is 1. The first-order chi connectivity index (χ1) is 8.17. The Morgan fingerprint density at radius 1 is 1.29 bits per heavy atom. The Bertz CT molecular complexity index is 367. The van der Waals surface area contributed by atoms with Gasteiger partial charge in [0.2, 0.25) is 0 Å². The molecule has 1 aromatic carbocycles. The molecular weight excluding hydrogens is 232 g/mol. The molecule has 1 rings (SSSR count). The summed E-state index contributed by atoms with van der Waals surface area (Å²) in [5, 5.41) is 8.73. The number of anilines is 1. The van der Waals surface area contributed by atoms with Crippen molar-refractivity contribution in [3.63, 3.8) is 0 Å². The van der Waals surface area contributed by atoms with Gasteiger partial charge >= 0.3 is 0 Å². The van der Waals surface area contributed by atoms with E-state index in [1.807, 2.05) is 24.3 Å². The summed E-state index contributed by atoms with van der Waals surface area (Å²) in [6.07, 6.45) is 2.21. The molecule has 0 amide bonds. The van der Waals surface area contributed by atoms with Crippen molar-refractivity contribution in [3.05, 3.63) is 29.8 Å². The van der Waals surface area contributed by atoms with E-state index in [0.29, 0.717) is 11.5 Å². The summed E-state index contributed by atoms with van der Waals surface area (Å²) in [5.41, 5.74) is 1.86. The van der Waals surface area contributed by atoms with Crippen molar-refractivity contribution in [3.8, 4) is 6.07 Å². The lowest BCUT2D eigenvalue weighted by molar-refractivity contribution is 0.520. The molecule has 0 aliphatic rings. The van der Waals surface area contributed by atoms with Crippen LogP contribution >= 0.6 is 11.6 Å². The maximum atomic E-state index is 8.73. The zero-order valence-electron chi connectivity index (χ0n) is 10.5. The zero-order valence-corrected chi connectivity index (χ0v) is 11.2. The maximum Gasteiger partial charge on any atom is 0.0991 e. The van der Waals surface area contributed by atoms with Crippen LogP contribution in [0.15, 0.2) is 24.3 Å². The molecule has 92 valence electrons. The minimum Gasteiger partial charge on any atom is -0.375 e. The molecule has 17 heavy (non-hydrogen) atoms. The zero-order chi connectivity index (χ0) is 12.7. The van der Waals surface area contributed by atoms with Crippen LogP contribution in [0, 0.1) is 17.2 Å². The molecule has 0 aliphatic heterocycles. The van der Waals surface area contributed by atoms with Crippen LogP contribution in [0.2, 0.25) is 0 Å². The summed E-state index contributed by atoms with van der Waals surface area (Å²) in [5.74, 6) is 1.40. The molecule has 0 fully saturated rings. The minimum atomic E-state index is 0.660. The third kappa shape index (κ3) is 4.66. The summed E-state index contributed by atoms with van der Waals surface area (Å²) in [7, 11) is 2.08. The molecule has 0 spiro atoms. The highest BCUT2D eigenvalue weighted by molar-refractivity contribution is 6.17. The van der Waals surface area contributed by atoms with Gasteiger partial charge in [-0.1, -0.05) is 6.92 Å². The second kappa shape index (κ2) is 7.19. The molecule has 0 heterocycles. The van der Waals surface area contributed by atoms with Crippen LogP contribution in [0.3, 0.4) is 0 Å². The predicted octanol–water partition coefficient (Wildman–Crippen LogP) is 3.65. The summed E-state index contributed by atoms with van der Waals surface area (Å²) < 4.78 is 0. The van der Waals surface area contributed by atoms with Crippen molar-refractivity contribution >= 4 is 17.3 Å². The molecule has 0 saturated heterocycles. The van der Waals surface area contributed by atoms with Crippen LogP contribution < -0.4 is 4.90 Å². The van der Waals surface area contributed by atoms with Gasteiger partial charge in [0.1, 0.15) is 0 Å². The first-order valence-electron chi connectivity index (χ1n) is 5.94. The van der Waals surface area contributed by atoms with E-state index >= 15 is 0 Å². The van der Waals surface area contributed by atoms with Gasteiger partial charge in [-0.3, -0.25) is 0 Å². The molecule has 1 aromatic rings. The number of halogens is 1. The number of rotatable bonds is 6. The van der Waals surface area contributed by atoms with Crippen LogP contribution in [-0.2, 0) is 0 Å². The van der Waals surface area contributed by atoms with E-state index in [1.54, 1.807) is 0 Å². The molecule has 0 aliphatic carbocycles. The fourth-order valence-electron chi connectivity index (χ4n) is 1.66. The van der Waals surface area contributed by atoms with Gasteiger partial charge in [-0.05, 0) is 43.0 Å². The number of hydrogen-bond acceptors (Lipinski definition) is 2. The van der Waals surface area contributed by atoms with Gasteiger partial charge in [-0.2, -0.15) is 5.26 Å².